The molecule has 9 heteroatoms. The Balaban J connectivity index is 1.49. The fourth-order valence-electron chi connectivity index (χ4n) is 4.38. The van der Waals surface area contributed by atoms with Crippen molar-refractivity contribution < 1.29 is 18.3 Å². The van der Waals surface area contributed by atoms with Crippen LogP contribution in [0.3, 0.4) is 0 Å². The molecule has 2 saturated heterocycles. The largest absolute Gasteiger partial charge is 0.379 e. The van der Waals surface area contributed by atoms with Crippen LogP contribution in [0.1, 0.15) is 25.3 Å². The third-order valence-corrected chi connectivity index (χ3v) is 5.71. The van der Waals surface area contributed by atoms with Crippen molar-refractivity contribution in [3.05, 3.63) is 30.1 Å². The summed E-state index contributed by atoms with van der Waals surface area (Å²) in [6.07, 6.45) is 1.23. The van der Waals surface area contributed by atoms with Gasteiger partial charge in [0.15, 0.2) is 0 Å². The van der Waals surface area contributed by atoms with Gasteiger partial charge in [0.1, 0.15) is 5.52 Å². The van der Waals surface area contributed by atoms with Crippen LogP contribution in [0.4, 0.5) is 14.5 Å². The van der Waals surface area contributed by atoms with Gasteiger partial charge in [-0.2, -0.15) is 0 Å². The molecule has 0 saturated carbocycles. The van der Waals surface area contributed by atoms with Crippen LogP contribution < -0.4 is 10.2 Å². The monoisotopic (exact) mass is 419 g/mol. The van der Waals surface area contributed by atoms with Gasteiger partial charge < -0.3 is 15.0 Å². The third-order valence-electron chi connectivity index (χ3n) is 5.71. The van der Waals surface area contributed by atoms with Crippen molar-refractivity contribution >= 4 is 22.6 Å². The number of benzene rings is 1. The minimum absolute atomic E-state index is 0.00801. The van der Waals surface area contributed by atoms with Crippen molar-refractivity contribution in [2.75, 3.05) is 50.8 Å². The molecule has 1 aromatic carbocycles. The topological polar surface area (TPSA) is 70.6 Å². The molecule has 30 heavy (non-hydrogen) atoms. The Morgan fingerprint density at radius 1 is 1.20 bits per heavy atom. The van der Waals surface area contributed by atoms with Gasteiger partial charge in [-0.15, -0.1) is 0 Å². The van der Waals surface area contributed by atoms with E-state index in [1.165, 1.54) is 18.5 Å². The average Bonchev–Trinajstić information content (AvgIpc) is 2.73. The number of aromatic nitrogens is 2. The van der Waals surface area contributed by atoms with E-state index in [1.807, 2.05) is 0 Å². The summed E-state index contributed by atoms with van der Waals surface area (Å²) in [6, 6.07) is 3.12. The van der Waals surface area contributed by atoms with Crippen LogP contribution in [0, 0.1) is 5.92 Å². The van der Waals surface area contributed by atoms with Gasteiger partial charge >= 0.3 is 0 Å². The number of halogens is 2. The first kappa shape index (κ1) is 20.9. The lowest BCUT2D eigenvalue weighted by atomic mass is 9.95. The predicted octanol–water partition coefficient (Wildman–Crippen LogP) is 2.23. The molecule has 0 bridgehead atoms. The zero-order chi connectivity index (χ0) is 21.1. The fraction of sp³-hybridized carbons (Fsp3) is 0.571. The Hall–Kier alpha value is -2.39. The number of hydrogen-bond acceptors (Lipinski definition) is 6. The normalized spacial score (nSPS) is 23.1. The van der Waals surface area contributed by atoms with Crippen molar-refractivity contribution in [3.8, 4) is 0 Å². The Morgan fingerprint density at radius 3 is 2.67 bits per heavy atom. The number of nitrogens with one attached hydrogen (secondary N) is 1. The number of anilines is 1. The summed E-state index contributed by atoms with van der Waals surface area (Å²) in [7, 11) is 0. The van der Waals surface area contributed by atoms with E-state index in [2.05, 4.69) is 32.0 Å². The number of carbonyl (C=O) groups is 1. The molecule has 3 heterocycles. The number of alkyl halides is 2. The van der Waals surface area contributed by atoms with Crippen molar-refractivity contribution in [2.24, 2.45) is 5.92 Å². The number of nitrogens with zero attached hydrogens (tertiary/aromatic N) is 4. The number of morpholine rings is 1. The van der Waals surface area contributed by atoms with Gasteiger partial charge in [-0.05, 0) is 24.5 Å². The van der Waals surface area contributed by atoms with Crippen LogP contribution in [-0.2, 0) is 9.53 Å². The fourth-order valence-corrected chi connectivity index (χ4v) is 4.38. The number of carbonyl (C=O) groups excluding carboxylic acids is 1. The van der Waals surface area contributed by atoms with Crippen LogP contribution in [0.2, 0.25) is 0 Å². The number of ether oxygens (including phenoxy) is 1. The van der Waals surface area contributed by atoms with Crippen molar-refractivity contribution in [1.29, 1.82) is 0 Å². The summed E-state index contributed by atoms with van der Waals surface area (Å²) in [4.78, 5) is 25.3. The molecular weight excluding hydrogens is 392 g/mol. The third kappa shape index (κ3) is 4.67. The maximum Gasteiger partial charge on any atom is 0.266 e. The van der Waals surface area contributed by atoms with E-state index in [0.717, 1.165) is 31.7 Å². The molecule has 0 radical (unpaired) electrons. The van der Waals surface area contributed by atoms with Crippen molar-refractivity contribution in [2.45, 2.75) is 25.8 Å². The standard InChI is InChI=1S/C21H27F2N5O2/c1-14-10-15(26-18(29)13-27-6-8-30-9-7-27)12-28(11-14)17-3-2-16(21(22)23)19-20(17)25-5-4-24-19/h2-5,14-15,21H,6-13H2,1H3,(H,26,29)/t14-,15+/m0/s1. The van der Waals surface area contributed by atoms with Gasteiger partial charge in [-0.3, -0.25) is 19.7 Å². The lowest BCUT2D eigenvalue weighted by Gasteiger charge is -2.39. The molecule has 2 aliphatic heterocycles. The van der Waals surface area contributed by atoms with E-state index < -0.39 is 6.43 Å². The summed E-state index contributed by atoms with van der Waals surface area (Å²) in [5, 5.41) is 3.15. The average molecular weight is 419 g/mol. The molecule has 4 rings (SSSR count). The van der Waals surface area contributed by atoms with Crippen LogP contribution in [0.15, 0.2) is 24.5 Å². The molecule has 2 aliphatic rings. The SMILES string of the molecule is C[C@H]1C[C@@H](NC(=O)CN2CCOCC2)CN(c2ccc(C(F)F)c3nccnc23)C1. The number of hydrogen-bond donors (Lipinski definition) is 1. The first-order valence-electron chi connectivity index (χ1n) is 10.4. The lowest BCUT2D eigenvalue weighted by molar-refractivity contribution is -0.124. The van der Waals surface area contributed by atoms with E-state index in [9.17, 15) is 13.6 Å². The Morgan fingerprint density at radius 2 is 1.93 bits per heavy atom. The molecule has 0 aliphatic carbocycles. The zero-order valence-electron chi connectivity index (χ0n) is 17.1. The highest BCUT2D eigenvalue weighted by Crippen LogP contribution is 2.33. The molecule has 0 spiro atoms. The van der Waals surface area contributed by atoms with Gasteiger partial charge in [0.05, 0.1) is 31.0 Å². The van der Waals surface area contributed by atoms with E-state index >= 15 is 0 Å². The van der Waals surface area contributed by atoms with E-state index in [-0.39, 0.29) is 23.0 Å². The minimum atomic E-state index is -2.61. The first-order valence-corrected chi connectivity index (χ1v) is 10.4. The molecule has 162 valence electrons. The Bertz CT molecular complexity index is 891. The number of rotatable bonds is 5. The molecule has 1 amide bonds. The Kier molecular flexibility index (Phi) is 6.38. The van der Waals surface area contributed by atoms with Crippen molar-refractivity contribution in [1.82, 2.24) is 20.2 Å². The van der Waals surface area contributed by atoms with Crippen LogP contribution in [0.25, 0.3) is 11.0 Å². The second kappa shape index (κ2) is 9.18. The van der Waals surface area contributed by atoms with Gasteiger partial charge in [0.2, 0.25) is 5.91 Å². The van der Waals surface area contributed by atoms with Gasteiger partial charge in [0.25, 0.3) is 6.43 Å². The van der Waals surface area contributed by atoms with E-state index in [4.69, 9.17) is 4.74 Å². The van der Waals surface area contributed by atoms with Crippen LogP contribution >= 0.6 is 0 Å². The second-order valence-electron chi connectivity index (χ2n) is 8.13. The van der Waals surface area contributed by atoms with Gasteiger partial charge in [-0.25, -0.2) is 8.78 Å². The molecular formula is C21H27F2N5O2. The summed E-state index contributed by atoms with van der Waals surface area (Å²) in [5.41, 5.74) is 1.38. The first-order chi connectivity index (χ1) is 14.5. The molecule has 2 aromatic rings. The highest BCUT2D eigenvalue weighted by Gasteiger charge is 2.28. The molecule has 1 N–H and O–H groups in total. The second-order valence-corrected chi connectivity index (χ2v) is 8.13. The molecule has 7 nitrogen and oxygen atoms in total. The quantitative estimate of drug-likeness (QED) is 0.802. The number of piperidine rings is 1. The van der Waals surface area contributed by atoms with E-state index in [0.29, 0.717) is 37.7 Å². The molecule has 1 aromatic heterocycles. The number of fused-ring (bicyclic) bond motifs is 1. The minimum Gasteiger partial charge on any atom is -0.379 e. The predicted molar refractivity (Wildman–Crippen MR) is 110 cm³/mol. The molecule has 2 atom stereocenters. The lowest BCUT2D eigenvalue weighted by Crippen LogP contribution is -2.53. The summed E-state index contributed by atoms with van der Waals surface area (Å²) >= 11 is 0. The van der Waals surface area contributed by atoms with Crippen molar-refractivity contribution in [3.63, 3.8) is 0 Å². The Labute approximate surface area is 174 Å². The zero-order valence-corrected chi connectivity index (χ0v) is 17.1. The highest BCUT2D eigenvalue weighted by atomic mass is 19.3. The molecule has 0 unspecified atom stereocenters. The highest BCUT2D eigenvalue weighted by molar-refractivity contribution is 5.90. The summed E-state index contributed by atoms with van der Waals surface area (Å²) in [5.74, 6) is 0.350. The smallest absolute Gasteiger partial charge is 0.266 e. The van der Waals surface area contributed by atoms with Gasteiger partial charge in [0, 0.05) is 50.2 Å². The van der Waals surface area contributed by atoms with Crippen LogP contribution in [-0.4, -0.2) is 72.8 Å². The van der Waals surface area contributed by atoms with Gasteiger partial charge in [-0.1, -0.05) is 6.92 Å². The maximum absolute atomic E-state index is 13.4. The summed E-state index contributed by atoms with van der Waals surface area (Å²) in [6.45, 7) is 6.73. The maximum atomic E-state index is 13.4. The van der Waals surface area contributed by atoms with Crippen LogP contribution in [0.5, 0.6) is 0 Å². The summed E-state index contributed by atoms with van der Waals surface area (Å²) < 4.78 is 32.1. The molecule has 2 fully saturated rings. The number of amides is 1. The van der Waals surface area contributed by atoms with E-state index in [1.54, 1.807) is 6.07 Å².